The Balaban J connectivity index is 1.78. The predicted molar refractivity (Wildman–Crippen MR) is 110 cm³/mol. The molecule has 2 amide bonds. The average Bonchev–Trinajstić information content (AvgIpc) is 3.13. The summed E-state index contributed by atoms with van der Waals surface area (Å²) in [4.78, 5) is 26.8. The molecule has 1 aliphatic heterocycles. The molecule has 0 spiro atoms. The first kappa shape index (κ1) is 20.7. The Kier molecular flexibility index (Phi) is 6.72. The number of hydrogen-bond donors (Lipinski definition) is 2. The minimum absolute atomic E-state index is 0.0751. The normalized spacial score (nSPS) is 18.6. The fraction of sp³-hybridized carbons (Fsp3) is 0.364. The largest absolute Gasteiger partial charge is 0.449 e. The molecule has 1 fully saturated rings. The van der Waals surface area contributed by atoms with Crippen LogP contribution in [0.4, 0.5) is 16.2 Å². The van der Waals surface area contributed by atoms with Crippen molar-refractivity contribution in [1.29, 1.82) is 0 Å². The monoisotopic (exact) mass is 397 g/mol. The number of para-hydroxylation sites is 2. The molecule has 2 aromatic rings. The van der Waals surface area contributed by atoms with Gasteiger partial charge in [-0.05, 0) is 30.2 Å². The molecule has 29 heavy (non-hydrogen) atoms. The Hall–Kier alpha value is -3.06. The van der Waals surface area contributed by atoms with Gasteiger partial charge in [-0.25, -0.2) is 4.79 Å². The van der Waals surface area contributed by atoms with Crippen LogP contribution in [0.25, 0.3) is 0 Å². The van der Waals surface area contributed by atoms with E-state index in [1.54, 1.807) is 5.01 Å². The number of aliphatic hydroxyl groups excluding tert-OH is 1. The van der Waals surface area contributed by atoms with Crippen molar-refractivity contribution in [2.75, 3.05) is 18.2 Å². The molecule has 7 nitrogen and oxygen atoms in total. The summed E-state index contributed by atoms with van der Waals surface area (Å²) in [6, 6.07) is 18.0. The van der Waals surface area contributed by atoms with Gasteiger partial charge in [-0.1, -0.05) is 50.2 Å². The Morgan fingerprint density at radius 2 is 1.66 bits per heavy atom. The van der Waals surface area contributed by atoms with Crippen LogP contribution in [-0.4, -0.2) is 47.3 Å². The smallest absolute Gasteiger partial charge is 0.410 e. The van der Waals surface area contributed by atoms with Gasteiger partial charge in [0.2, 0.25) is 0 Å². The topological polar surface area (TPSA) is 82.1 Å². The summed E-state index contributed by atoms with van der Waals surface area (Å²) < 4.78 is 5.27. The van der Waals surface area contributed by atoms with Crippen LogP contribution >= 0.6 is 0 Å². The second-order valence-electron chi connectivity index (χ2n) is 7.51. The third-order valence-corrected chi connectivity index (χ3v) is 4.61. The Morgan fingerprint density at radius 3 is 2.17 bits per heavy atom. The zero-order valence-corrected chi connectivity index (χ0v) is 16.7. The van der Waals surface area contributed by atoms with Crippen molar-refractivity contribution in [2.24, 2.45) is 5.92 Å². The first-order valence-electron chi connectivity index (χ1n) is 9.78. The first-order valence-corrected chi connectivity index (χ1v) is 9.78. The van der Waals surface area contributed by atoms with Crippen LogP contribution in [0, 0.1) is 5.92 Å². The average molecular weight is 397 g/mol. The van der Waals surface area contributed by atoms with Crippen LogP contribution in [0.15, 0.2) is 60.7 Å². The van der Waals surface area contributed by atoms with E-state index in [-0.39, 0.29) is 31.4 Å². The molecule has 0 unspecified atom stereocenters. The summed E-state index contributed by atoms with van der Waals surface area (Å²) >= 11 is 0. The number of likely N-dealkylation sites (tertiary alicyclic amines) is 1. The highest BCUT2D eigenvalue weighted by Gasteiger charge is 2.40. The second-order valence-corrected chi connectivity index (χ2v) is 7.51. The van der Waals surface area contributed by atoms with Crippen molar-refractivity contribution in [3.8, 4) is 0 Å². The molecule has 0 bridgehead atoms. The van der Waals surface area contributed by atoms with Crippen molar-refractivity contribution in [2.45, 2.75) is 32.4 Å². The van der Waals surface area contributed by atoms with Crippen molar-refractivity contribution in [3.63, 3.8) is 0 Å². The van der Waals surface area contributed by atoms with Crippen LogP contribution in [0.1, 0.15) is 20.3 Å². The SMILES string of the molecule is CC(C)COC(=O)N1C[C@@H](O)C[C@H]1C(=O)NN(c1ccccc1)c1ccccc1. The van der Waals surface area contributed by atoms with Gasteiger partial charge in [-0.2, -0.15) is 0 Å². The fourth-order valence-electron chi connectivity index (χ4n) is 3.20. The summed E-state index contributed by atoms with van der Waals surface area (Å²) in [6.07, 6.45) is -1.18. The lowest BCUT2D eigenvalue weighted by Crippen LogP contribution is -2.50. The van der Waals surface area contributed by atoms with Gasteiger partial charge in [-0.3, -0.25) is 20.1 Å². The first-order chi connectivity index (χ1) is 14.0. The lowest BCUT2D eigenvalue weighted by atomic mass is 10.2. The van der Waals surface area contributed by atoms with E-state index in [1.165, 1.54) is 4.90 Å². The van der Waals surface area contributed by atoms with Crippen LogP contribution in [-0.2, 0) is 9.53 Å². The summed E-state index contributed by atoms with van der Waals surface area (Å²) in [5, 5.41) is 11.7. The number of rotatable bonds is 6. The number of hydrazine groups is 1. The maximum absolute atomic E-state index is 13.1. The van der Waals surface area contributed by atoms with Gasteiger partial charge in [0.15, 0.2) is 0 Å². The molecule has 2 atom stereocenters. The minimum atomic E-state index is -0.806. The molecule has 0 aliphatic carbocycles. The molecule has 0 radical (unpaired) electrons. The van der Waals surface area contributed by atoms with Gasteiger partial charge in [0.1, 0.15) is 6.04 Å². The Bertz CT molecular complexity index is 774. The van der Waals surface area contributed by atoms with E-state index in [2.05, 4.69) is 5.43 Å². The number of nitrogens with one attached hydrogen (secondary N) is 1. The van der Waals surface area contributed by atoms with Crippen molar-refractivity contribution >= 4 is 23.4 Å². The molecular weight excluding hydrogens is 370 g/mol. The number of aliphatic hydroxyl groups is 1. The maximum atomic E-state index is 13.1. The van der Waals surface area contributed by atoms with Crippen molar-refractivity contribution in [1.82, 2.24) is 10.3 Å². The maximum Gasteiger partial charge on any atom is 0.410 e. The van der Waals surface area contributed by atoms with E-state index >= 15 is 0 Å². The number of amides is 2. The van der Waals surface area contributed by atoms with Crippen molar-refractivity contribution < 1.29 is 19.4 Å². The van der Waals surface area contributed by atoms with E-state index in [9.17, 15) is 14.7 Å². The molecule has 1 heterocycles. The molecule has 1 aliphatic rings. The van der Waals surface area contributed by atoms with E-state index in [0.717, 1.165) is 11.4 Å². The van der Waals surface area contributed by atoms with E-state index in [1.807, 2.05) is 74.5 Å². The summed E-state index contributed by atoms with van der Waals surface area (Å²) in [6.45, 7) is 4.22. The molecule has 7 heteroatoms. The predicted octanol–water partition coefficient (Wildman–Crippen LogP) is 3.08. The van der Waals surface area contributed by atoms with E-state index < -0.39 is 18.2 Å². The van der Waals surface area contributed by atoms with Crippen LogP contribution in [0.2, 0.25) is 0 Å². The van der Waals surface area contributed by atoms with Crippen LogP contribution < -0.4 is 10.4 Å². The standard InChI is InChI=1S/C22H27N3O4/c1-16(2)15-29-22(28)24-14-19(26)13-20(24)21(27)23-25(17-9-5-3-6-10-17)18-11-7-4-8-12-18/h3-12,16,19-20,26H,13-15H2,1-2H3,(H,23,27)/t19-,20-/m0/s1. The molecule has 2 aromatic carbocycles. The molecule has 1 saturated heterocycles. The highest BCUT2D eigenvalue weighted by molar-refractivity contribution is 5.88. The number of carbonyl (C=O) groups excluding carboxylic acids is 2. The van der Waals surface area contributed by atoms with Gasteiger partial charge in [-0.15, -0.1) is 0 Å². The minimum Gasteiger partial charge on any atom is -0.449 e. The highest BCUT2D eigenvalue weighted by Crippen LogP contribution is 2.24. The number of β-amino-alcohol motifs (C(OH)–C–C–N with tert-alkyl or cyclic N) is 1. The lowest BCUT2D eigenvalue weighted by molar-refractivity contribution is -0.125. The number of ether oxygens (including phenoxy) is 1. The second kappa shape index (κ2) is 9.43. The van der Waals surface area contributed by atoms with Crippen LogP contribution in [0.3, 0.4) is 0 Å². The quantitative estimate of drug-likeness (QED) is 0.732. The third-order valence-electron chi connectivity index (χ3n) is 4.61. The zero-order valence-electron chi connectivity index (χ0n) is 16.7. The molecule has 0 saturated carbocycles. The van der Waals surface area contributed by atoms with Crippen molar-refractivity contribution in [3.05, 3.63) is 60.7 Å². The zero-order chi connectivity index (χ0) is 20.8. The number of hydrogen-bond acceptors (Lipinski definition) is 5. The molecule has 2 N–H and O–H groups in total. The number of nitrogens with zero attached hydrogens (tertiary/aromatic N) is 2. The summed E-state index contributed by atoms with van der Waals surface area (Å²) in [7, 11) is 0. The van der Waals surface area contributed by atoms with Gasteiger partial charge in [0, 0.05) is 6.42 Å². The van der Waals surface area contributed by atoms with E-state index in [4.69, 9.17) is 4.74 Å². The summed E-state index contributed by atoms with van der Waals surface area (Å²) in [5.74, 6) is -0.193. The highest BCUT2D eigenvalue weighted by atomic mass is 16.6. The fourth-order valence-corrected chi connectivity index (χ4v) is 3.20. The molecular formula is C22H27N3O4. The summed E-state index contributed by atoms with van der Waals surface area (Å²) in [5.41, 5.74) is 4.45. The molecule has 0 aromatic heterocycles. The van der Waals surface area contributed by atoms with Crippen LogP contribution in [0.5, 0.6) is 0 Å². The van der Waals surface area contributed by atoms with E-state index in [0.29, 0.717) is 0 Å². The Labute approximate surface area is 170 Å². The number of anilines is 2. The Morgan fingerprint density at radius 1 is 1.10 bits per heavy atom. The number of benzene rings is 2. The third kappa shape index (κ3) is 5.26. The van der Waals surface area contributed by atoms with Gasteiger partial charge < -0.3 is 9.84 Å². The van der Waals surface area contributed by atoms with Gasteiger partial charge in [0.25, 0.3) is 5.91 Å². The molecule has 3 rings (SSSR count). The molecule has 154 valence electrons. The number of carbonyl (C=O) groups is 2. The lowest BCUT2D eigenvalue weighted by Gasteiger charge is -2.29. The van der Waals surface area contributed by atoms with Gasteiger partial charge in [0.05, 0.1) is 30.6 Å². The van der Waals surface area contributed by atoms with Gasteiger partial charge >= 0.3 is 6.09 Å².